The number of hydrazine groups is 1. The average molecular weight is 314 g/mol. The predicted molar refractivity (Wildman–Crippen MR) is 78.0 cm³/mol. The number of sulfonamides is 1. The molecule has 0 aliphatic heterocycles. The highest BCUT2D eigenvalue weighted by Gasteiger charge is 2.29. The van der Waals surface area contributed by atoms with Gasteiger partial charge in [0.05, 0.1) is 10.6 Å². The van der Waals surface area contributed by atoms with Crippen molar-refractivity contribution in [3.05, 3.63) is 28.3 Å². The summed E-state index contributed by atoms with van der Waals surface area (Å²) in [5, 5.41) is 10.7. The molecular formula is C12H18N4O4S. The SMILES string of the molecule is CC(NS(=O)(=O)c1ccc([N+](=O)[O-])cc1NN)C1CCC1. The van der Waals surface area contributed by atoms with Crippen LogP contribution in [0.4, 0.5) is 11.4 Å². The van der Waals surface area contributed by atoms with E-state index in [9.17, 15) is 18.5 Å². The van der Waals surface area contributed by atoms with Crippen molar-refractivity contribution in [2.24, 2.45) is 11.8 Å². The maximum absolute atomic E-state index is 12.4. The van der Waals surface area contributed by atoms with E-state index < -0.39 is 14.9 Å². The Labute approximate surface area is 122 Å². The zero-order valence-corrected chi connectivity index (χ0v) is 12.4. The highest BCUT2D eigenvalue weighted by Crippen LogP contribution is 2.31. The molecule has 1 aromatic carbocycles. The van der Waals surface area contributed by atoms with Gasteiger partial charge in [0.1, 0.15) is 4.90 Å². The van der Waals surface area contributed by atoms with Crippen molar-refractivity contribution in [2.75, 3.05) is 5.43 Å². The van der Waals surface area contributed by atoms with Crippen LogP contribution in [0.3, 0.4) is 0 Å². The van der Waals surface area contributed by atoms with E-state index in [-0.39, 0.29) is 22.3 Å². The number of nitrogens with zero attached hydrogens (tertiary/aromatic N) is 1. The fourth-order valence-corrected chi connectivity index (χ4v) is 3.79. The molecule has 0 spiro atoms. The molecule has 1 unspecified atom stereocenters. The van der Waals surface area contributed by atoms with Gasteiger partial charge in [-0.15, -0.1) is 0 Å². The summed E-state index contributed by atoms with van der Waals surface area (Å²) in [6, 6.07) is 3.25. The molecule has 1 aromatic rings. The first kappa shape index (κ1) is 15.7. The van der Waals surface area contributed by atoms with E-state index in [4.69, 9.17) is 5.84 Å². The zero-order chi connectivity index (χ0) is 15.6. The van der Waals surface area contributed by atoms with Crippen LogP contribution in [-0.4, -0.2) is 19.4 Å². The van der Waals surface area contributed by atoms with Crippen molar-refractivity contribution in [1.82, 2.24) is 4.72 Å². The Morgan fingerprint density at radius 2 is 2.10 bits per heavy atom. The lowest BCUT2D eigenvalue weighted by Crippen LogP contribution is -2.40. The Morgan fingerprint density at radius 3 is 2.57 bits per heavy atom. The summed E-state index contributed by atoms with van der Waals surface area (Å²) in [6.07, 6.45) is 3.13. The van der Waals surface area contributed by atoms with Crippen molar-refractivity contribution in [3.63, 3.8) is 0 Å². The second kappa shape index (κ2) is 5.96. The lowest BCUT2D eigenvalue weighted by Gasteiger charge is -2.31. The lowest BCUT2D eigenvalue weighted by molar-refractivity contribution is -0.384. The van der Waals surface area contributed by atoms with E-state index in [1.807, 2.05) is 6.92 Å². The van der Waals surface area contributed by atoms with E-state index in [0.717, 1.165) is 31.4 Å². The summed E-state index contributed by atoms with van der Waals surface area (Å²) in [6.45, 7) is 1.82. The first-order chi connectivity index (χ1) is 9.85. The fraction of sp³-hybridized carbons (Fsp3) is 0.500. The Bertz CT molecular complexity index is 643. The maximum atomic E-state index is 12.4. The van der Waals surface area contributed by atoms with Crippen molar-refractivity contribution >= 4 is 21.4 Å². The van der Waals surface area contributed by atoms with Crippen LogP contribution in [0.1, 0.15) is 26.2 Å². The summed E-state index contributed by atoms with van der Waals surface area (Å²) in [7, 11) is -3.78. The maximum Gasteiger partial charge on any atom is 0.271 e. The predicted octanol–water partition coefficient (Wildman–Crippen LogP) is 1.35. The van der Waals surface area contributed by atoms with Gasteiger partial charge in [-0.3, -0.25) is 16.0 Å². The van der Waals surface area contributed by atoms with Gasteiger partial charge >= 0.3 is 0 Å². The molecule has 1 fully saturated rings. The molecule has 9 heteroatoms. The van der Waals surface area contributed by atoms with Crippen LogP contribution < -0.4 is 16.0 Å². The Balaban J connectivity index is 2.28. The highest BCUT2D eigenvalue weighted by atomic mass is 32.2. The van der Waals surface area contributed by atoms with Gasteiger partial charge in [0.2, 0.25) is 10.0 Å². The van der Waals surface area contributed by atoms with Crippen LogP contribution in [-0.2, 0) is 10.0 Å². The Kier molecular flexibility index (Phi) is 4.45. The minimum absolute atomic E-state index is 0.00231. The largest absolute Gasteiger partial charge is 0.323 e. The van der Waals surface area contributed by atoms with Crippen LogP contribution >= 0.6 is 0 Å². The first-order valence-electron chi connectivity index (χ1n) is 6.62. The molecule has 0 saturated heterocycles. The van der Waals surface area contributed by atoms with Gasteiger partial charge in [0.15, 0.2) is 0 Å². The van der Waals surface area contributed by atoms with Crippen LogP contribution in [0.25, 0.3) is 0 Å². The third-order valence-corrected chi connectivity index (χ3v) is 5.43. The van der Waals surface area contributed by atoms with Gasteiger partial charge in [-0.2, -0.15) is 0 Å². The summed E-state index contributed by atoms with van der Waals surface area (Å²) in [5.74, 6) is 5.62. The van der Waals surface area contributed by atoms with Crippen LogP contribution in [0, 0.1) is 16.0 Å². The summed E-state index contributed by atoms with van der Waals surface area (Å²) < 4.78 is 27.3. The lowest BCUT2D eigenvalue weighted by atomic mass is 9.81. The van der Waals surface area contributed by atoms with Crippen molar-refractivity contribution in [2.45, 2.75) is 37.1 Å². The van der Waals surface area contributed by atoms with E-state index in [2.05, 4.69) is 10.1 Å². The summed E-state index contributed by atoms with van der Waals surface area (Å²) in [4.78, 5) is 10.0. The third-order valence-electron chi connectivity index (χ3n) is 3.82. The molecule has 21 heavy (non-hydrogen) atoms. The number of benzene rings is 1. The number of hydrogen-bond donors (Lipinski definition) is 3. The van der Waals surface area contributed by atoms with E-state index in [0.29, 0.717) is 5.92 Å². The molecule has 116 valence electrons. The normalized spacial score (nSPS) is 17.0. The van der Waals surface area contributed by atoms with Gasteiger partial charge in [-0.05, 0) is 31.7 Å². The molecule has 4 N–H and O–H groups in total. The monoisotopic (exact) mass is 314 g/mol. The molecule has 1 atom stereocenters. The van der Waals surface area contributed by atoms with E-state index >= 15 is 0 Å². The number of nitro groups is 1. The molecule has 0 heterocycles. The second-order valence-corrected chi connectivity index (χ2v) is 6.87. The zero-order valence-electron chi connectivity index (χ0n) is 11.6. The van der Waals surface area contributed by atoms with Crippen LogP contribution in [0.2, 0.25) is 0 Å². The fourth-order valence-electron chi connectivity index (χ4n) is 2.32. The molecule has 8 nitrogen and oxygen atoms in total. The number of nitrogens with one attached hydrogen (secondary N) is 2. The smallest absolute Gasteiger partial charge is 0.271 e. The van der Waals surface area contributed by atoms with Crippen molar-refractivity contribution < 1.29 is 13.3 Å². The molecule has 1 saturated carbocycles. The van der Waals surface area contributed by atoms with Crippen molar-refractivity contribution in [3.8, 4) is 0 Å². The molecule has 0 bridgehead atoms. The first-order valence-corrected chi connectivity index (χ1v) is 8.11. The van der Waals surface area contributed by atoms with Gasteiger partial charge in [-0.25, -0.2) is 13.1 Å². The van der Waals surface area contributed by atoms with Gasteiger partial charge in [-0.1, -0.05) is 6.42 Å². The topological polar surface area (TPSA) is 127 Å². The Morgan fingerprint density at radius 1 is 1.43 bits per heavy atom. The Hall–Kier alpha value is -1.71. The molecule has 0 amide bonds. The quantitative estimate of drug-likeness (QED) is 0.413. The second-order valence-electron chi connectivity index (χ2n) is 5.18. The van der Waals surface area contributed by atoms with Gasteiger partial charge < -0.3 is 5.43 Å². The molecule has 2 rings (SSSR count). The highest BCUT2D eigenvalue weighted by molar-refractivity contribution is 7.89. The number of nitrogens with two attached hydrogens (primary N) is 1. The summed E-state index contributed by atoms with van der Waals surface area (Å²) in [5.41, 5.74) is 1.97. The van der Waals surface area contributed by atoms with Crippen LogP contribution in [0.15, 0.2) is 23.1 Å². The minimum Gasteiger partial charge on any atom is -0.323 e. The molecule has 1 aliphatic carbocycles. The number of anilines is 1. The number of non-ortho nitro benzene ring substituents is 1. The molecular weight excluding hydrogens is 296 g/mol. The molecule has 1 aliphatic rings. The third kappa shape index (κ3) is 3.31. The summed E-state index contributed by atoms with van der Waals surface area (Å²) >= 11 is 0. The number of nitrogen functional groups attached to an aromatic ring is 1. The van der Waals surface area contributed by atoms with Crippen LogP contribution in [0.5, 0.6) is 0 Å². The number of rotatable bonds is 6. The molecule has 0 aromatic heterocycles. The van der Waals surface area contributed by atoms with Crippen molar-refractivity contribution in [1.29, 1.82) is 0 Å². The number of hydrogen-bond acceptors (Lipinski definition) is 6. The standard InChI is InChI=1S/C12H18N4O4S/c1-8(9-3-2-4-9)15-21(19,20)12-6-5-10(16(17)18)7-11(12)14-13/h5-9,14-15H,2-4,13H2,1H3. The average Bonchev–Trinajstić information content (AvgIpc) is 2.34. The molecule has 0 radical (unpaired) electrons. The minimum atomic E-state index is -3.78. The van der Waals surface area contributed by atoms with Gasteiger partial charge in [0.25, 0.3) is 5.69 Å². The van der Waals surface area contributed by atoms with E-state index in [1.54, 1.807) is 0 Å². The van der Waals surface area contributed by atoms with E-state index in [1.165, 1.54) is 6.07 Å². The van der Waals surface area contributed by atoms with Gasteiger partial charge in [0, 0.05) is 18.2 Å². The number of nitro benzene ring substituents is 1.